The molecule has 1 atom stereocenters. The maximum Gasteiger partial charge on any atom is 0.274 e. The Bertz CT molecular complexity index is 1080. The Morgan fingerprint density at radius 1 is 1.00 bits per heavy atom. The zero-order valence-corrected chi connectivity index (χ0v) is 15.9. The van der Waals surface area contributed by atoms with Crippen molar-refractivity contribution >= 4 is 5.91 Å². The summed E-state index contributed by atoms with van der Waals surface area (Å²) in [5.41, 5.74) is 3.61. The van der Waals surface area contributed by atoms with Gasteiger partial charge in [0.05, 0.1) is 18.3 Å². The molecule has 144 valence electrons. The number of aromatic nitrogens is 5. The fourth-order valence-corrected chi connectivity index (χ4v) is 3.10. The SMILES string of the molecule is CC(NC(=O)c1nnn(Cc2ccccc2)c1-c1ccncc1)c1ccccn1. The molecule has 4 aromatic rings. The Morgan fingerprint density at radius 2 is 1.76 bits per heavy atom. The van der Waals surface area contributed by atoms with E-state index in [1.165, 1.54) is 0 Å². The first kappa shape index (κ1) is 18.5. The molecule has 0 fully saturated rings. The zero-order valence-electron chi connectivity index (χ0n) is 15.9. The van der Waals surface area contributed by atoms with Gasteiger partial charge in [-0.15, -0.1) is 5.10 Å². The third kappa shape index (κ3) is 4.19. The first-order chi connectivity index (χ1) is 14.2. The summed E-state index contributed by atoms with van der Waals surface area (Å²) >= 11 is 0. The Balaban J connectivity index is 1.67. The van der Waals surface area contributed by atoms with Crippen LogP contribution in [0.2, 0.25) is 0 Å². The minimum Gasteiger partial charge on any atom is -0.342 e. The van der Waals surface area contributed by atoms with Gasteiger partial charge in [-0.1, -0.05) is 41.6 Å². The number of hydrogen-bond acceptors (Lipinski definition) is 5. The smallest absolute Gasteiger partial charge is 0.274 e. The predicted octanol–water partition coefficient (Wildman–Crippen LogP) is 3.27. The van der Waals surface area contributed by atoms with E-state index in [9.17, 15) is 4.79 Å². The average Bonchev–Trinajstić information content (AvgIpc) is 3.19. The quantitative estimate of drug-likeness (QED) is 0.551. The number of carbonyl (C=O) groups excluding carboxylic acids is 1. The fraction of sp³-hybridized carbons (Fsp3) is 0.136. The van der Waals surface area contributed by atoms with E-state index in [1.54, 1.807) is 23.3 Å². The second-order valence-corrected chi connectivity index (χ2v) is 6.62. The lowest BCUT2D eigenvalue weighted by molar-refractivity contribution is 0.0934. The molecule has 4 rings (SSSR count). The van der Waals surface area contributed by atoms with Crippen LogP contribution in [0.3, 0.4) is 0 Å². The summed E-state index contributed by atoms with van der Waals surface area (Å²) in [4.78, 5) is 21.4. The van der Waals surface area contributed by atoms with Crippen LogP contribution in [0, 0.1) is 0 Å². The molecule has 3 heterocycles. The van der Waals surface area contributed by atoms with Crippen molar-refractivity contribution < 1.29 is 4.79 Å². The van der Waals surface area contributed by atoms with E-state index in [-0.39, 0.29) is 17.6 Å². The molecule has 1 amide bonds. The van der Waals surface area contributed by atoms with E-state index in [0.29, 0.717) is 12.2 Å². The number of nitrogens with one attached hydrogen (secondary N) is 1. The number of rotatable bonds is 6. The normalized spacial score (nSPS) is 11.8. The van der Waals surface area contributed by atoms with Gasteiger partial charge in [0.2, 0.25) is 0 Å². The van der Waals surface area contributed by atoms with Crippen LogP contribution in [-0.4, -0.2) is 30.9 Å². The number of benzene rings is 1. The minimum atomic E-state index is -0.297. The van der Waals surface area contributed by atoms with Gasteiger partial charge in [-0.05, 0) is 36.8 Å². The van der Waals surface area contributed by atoms with Crippen LogP contribution < -0.4 is 5.32 Å². The van der Waals surface area contributed by atoms with Crippen molar-refractivity contribution in [3.63, 3.8) is 0 Å². The van der Waals surface area contributed by atoms with Gasteiger partial charge in [-0.2, -0.15) is 0 Å². The summed E-state index contributed by atoms with van der Waals surface area (Å²) in [6.07, 6.45) is 5.08. The van der Waals surface area contributed by atoms with Gasteiger partial charge in [0.15, 0.2) is 5.69 Å². The molecule has 0 aliphatic carbocycles. The highest BCUT2D eigenvalue weighted by Gasteiger charge is 2.23. The largest absolute Gasteiger partial charge is 0.342 e. The molecule has 1 unspecified atom stereocenters. The van der Waals surface area contributed by atoms with Crippen LogP contribution in [0.15, 0.2) is 79.3 Å². The lowest BCUT2D eigenvalue weighted by atomic mass is 10.1. The van der Waals surface area contributed by atoms with Gasteiger partial charge in [0.25, 0.3) is 5.91 Å². The zero-order chi connectivity index (χ0) is 20.1. The maximum atomic E-state index is 13.0. The second kappa shape index (κ2) is 8.43. The Kier molecular flexibility index (Phi) is 5.38. The molecule has 7 heteroatoms. The topological polar surface area (TPSA) is 85.6 Å². The average molecular weight is 384 g/mol. The van der Waals surface area contributed by atoms with Crippen molar-refractivity contribution in [2.24, 2.45) is 0 Å². The molecule has 0 aliphatic rings. The second-order valence-electron chi connectivity index (χ2n) is 6.62. The molecule has 1 N–H and O–H groups in total. The van der Waals surface area contributed by atoms with E-state index in [1.807, 2.05) is 67.6 Å². The van der Waals surface area contributed by atoms with E-state index in [0.717, 1.165) is 16.8 Å². The maximum absolute atomic E-state index is 13.0. The van der Waals surface area contributed by atoms with E-state index >= 15 is 0 Å². The predicted molar refractivity (Wildman–Crippen MR) is 109 cm³/mol. The summed E-state index contributed by atoms with van der Waals surface area (Å²) in [6, 6.07) is 19.0. The van der Waals surface area contributed by atoms with Crippen molar-refractivity contribution in [3.05, 3.63) is 96.2 Å². The van der Waals surface area contributed by atoms with E-state index < -0.39 is 0 Å². The molecular formula is C22H20N6O. The lowest BCUT2D eigenvalue weighted by Gasteiger charge is -2.13. The van der Waals surface area contributed by atoms with Gasteiger partial charge < -0.3 is 5.32 Å². The van der Waals surface area contributed by atoms with Crippen molar-refractivity contribution in [3.8, 4) is 11.3 Å². The van der Waals surface area contributed by atoms with Crippen LogP contribution in [0.25, 0.3) is 11.3 Å². The Morgan fingerprint density at radius 3 is 2.48 bits per heavy atom. The summed E-state index contributed by atoms with van der Waals surface area (Å²) in [5.74, 6) is -0.297. The molecule has 7 nitrogen and oxygen atoms in total. The first-order valence-corrected chi connectivity index (χ1v) is 9.32. The molecule has 0 spiro atoms. The summed E-state index contributed by atoms with van der Waals surface area (Å²) < 4.78 is 1.74. The third-order valence-corrected chi connectivity index (χ3v) is 4.56. The molecular weight excluding hydrogens is 364 g/mol. The molecule has 0 bridgehead atoms. The molecule has 0 saturated heterocycles. The van der Waals surface area contributed by atoms with Crippen molar-refractivity contribution in [1.82, 2.24) is 30.3 Å². The summed E-state index contributed by atoms with van der Waals surface area (Å²) in [6.45, 7) is 2.40. The van der Waals surface area contributed by atoms with Crippen LogP contribution in [-0.2, 0) is 6.54 Å². The number of pyridine rings is 2. The van der Waals surface area contributed by atoms with E-state index in [4.69, 9.17) is 0 Å². The Hall–Kier alpha value is -3.87. The lowest BCUT2D eigenvalue weighted by Crippen LogP contribution is -2.28. The van der Waals surface area contributed by atoms with Crippen LogP contribution >= 0.6 is 0 Å². The van der Waals surface area contributed by atoms with Gasteiger partial charge in [-0.3, -0.25) is 14.8 Å². The van der Waals surface area contributed by atoms with Crippen molar-refractivity contribution in [2.45, 2.75) is 19.5 Å². The highest BCUT2D eigenvalue weighted by atomic mass is 16.2. The van der Waals surface area contributed by atoms with E-state index in [2.05, 4.69) is 25.6 Å². The van der Waals surface area contributed by atoms with Crippen LogP contribution in [0.5, 0.6) is 0 Å². The van der Waals surface area contributed by atoms with Gasteiger partial charge in [-0.25, -0.2) is 4.68 Å². The molecule has 0 saturated carbocycles. The highest BCUT2D eigenvalue weighted by Crippen LogP contribution is 2.23. The van der Waals surface area contributed by atoms with Gasteiger partial charge in [0, 0.05) is 24.2 Å². The monoisotopic (exact) mass is 384 g/mol. The summed E-state index contributed by atoms with van der Waals surface area (Å²) in [7, 11) is 0. The highest BCUT2D eigenvalue weighted by molar-refractivity contribution is 5.98. The third-order valence-electron chi connectivity index (χ3n) is 4.56. The number of nitrogens with zero attached hydrogens (tertiary/aromatic N) is 5. The molecule has 29 heavy (non-hydrogen) atoms. The fourth-order valence-electron chi connectivity index (χ4n) is 3.10. The number of carbonyl (C=O) groups is 1. The van der Waals surface area contributed by atoms with Crippen LogP contribution in [0.1, 0.15) is 34.7 Å². The summed E-state index contributed by atoms with van der Waals surface area (Å²) in [5, 5.41) is 11.4. The van der Waals surface area contributed by atoms with Crippen molar-refractivity contribution in [2.75, 3.05) is 0 Å². The number of amides is 1. The van der Waals surface area contributed by atoms with Crippen LogP contribution in [0.4, 0.5) is 0 Å². The first-order valence-electron chi connectivity index (χ1n) is 9.32. The molecule has 1 aromatic carbocycles. The molecule has 3 aromatic heterocycles. The van der Waals surface area contributed by atoms with Crippen molar-refractivity contribution in [1.29, 1.82) is 0 Å². The van der Waals surface area contributed by atoms with Gasteiger partial charge >= 0.3 is 0 Å². The molecule has 0 aliphatic heterocycles. The minimum absolute atomic E-state index is 0.256. The standard InChI is InChI=1S/C22H20N6O/c1-16(19-9-5-6-12-24-19)25-22(29)20-21(18-10-13-23-14-11-18)28(27-26-20)15-17-7-3-2-4-8-17/h2-14,16H,15H2,1H3,(H,25,29). The molecule has 0 radical (unpaired) electrons. The number of hydrogen-bond donors (Lipinski definition) is 1. The van der Waals surface area contributed by atoms with Gasteiger partial charge in [0.1, 0.15) is 5.69 Å². The Labute approximate surface area is 168 Å².